The lowest BCUT2D eigenvalue weighted by Crippen LogP contribution is -2.25. The summed E-state index contributed by atoms with van der Waals surface area (Å²) in [6.07, 6.45) is 10.5. The average Bonchev–Trinajstić information content (AvgIpc) is 2.97. The molecule has 0 saturated carbocycles. The highest BCUT2D eigenvalue weighted by Gasteiger charge is 2.09. The van der Waals surface area contributed by atoms with Crippen LogP contribution in [0.3, 0.4) is 0 Å². The maximum absolute atomic E-state index is 12.0. The fourth-order valence-electron chi connectivity index (χ4n) is 2.89. The summed E-state index contributed by atoms with van der Waals surface area (Å²) in [4.78, 5) is 22.9. The molecule has 0 spiro atoms. The molecule has 24 heavy (non-hydrogen) atoms. The van der Waals surface area contributed by atoms with Crippen molar-refractivity contribution in [1.29, 1.82) is 0 Å². The largest absolute Gasteiger partial charge is 0.356 e. The lowest BCUT2D eigenvalue weighted by Gasteiger charge is -2.12. The molecule has 1 N–H and O–H groups in total. The van der Waals surface area contributed by atoms with Gasteiger partial charge >= 0.3 is 0 Å². The Labute approximate surface area is 151 Å². The van der Waals surface area contributed by atoms with E-state index >= 15 is 0 Å². The second kappa shape index (κ2) is 8.62. The highest BCUT2D eigenvalue weighted by Crippen LogP contribution is 2.30. The van der Waals surface area contributed by atoms with Crippen LogP contribution in [0.1, 0.15) is 43.4 Å². The minimum atomic E-state index is 0.130. The zero-order valence-corrected chi connectivity index (χ0v) is 15.6. The monoisotopic (exact) mass is 361 g/mol. The standard InChI is InChI=1S/C18H23N3OS2/c1-13-11-15-17(20-12-21-18(15)24-13)23-10-8-16(22)19-9-7-14-5-3-2-4-6-14/h5,11-12H,2-4,6-10H2,1H3,(H,19,22). The van der Waals surface area contributed by atoms with Crippen LogP contribution in [-0.4, -0.2) is 28.2 Å². The van der Waals surface area contributed by atoms with Crippen LogP contribution < -0.4 is 5.32 Å². The average molecular weight is 362 g/mol. The van der Waals surface area contributed by atoms with E-state index in [-0.39, 0.29) is 5.91 Å². The molecule has 3 rings (SSSR count). The third-order valence-electron chi connectivity index (χ3n) is 4.14. The molecule has 1 aliphatic rings. The fourth-order valence-corrected chi connectivity index (χ4v) is 4.72. The summed E-state index contributed by atoms with van der Waals surface area (Å²) in [7, 11) is 0. The van der Waals surface area contributed by atoms with Crippen LogP contribution in [0, 0.1) is 6.92 Å². The SMILES string of the molecule is Cc1cc2c(SCCC(=O)NCCC3=CCCCC3)ncnc2s1. The van der Waals surface area contributed by atoms with Gasteiger partial charge in [0, 0.05) is 29.0 Å². The van der Waals surface area contributed by atoms with Gasteiger partial charge in [0.2, 0.25) is 5.91 Å². The van der Waals surface area contributed by atoms with Gasteiger partial charge in [-0.1, -0.05) is 11.6 Å². The lowest BCUT2D eigenvalue weighted by molar-refractivity contribution is -0.120. The number of thioether (sulfide) groups is 1. The predicted molar refractivity (Wildman–Crippen MR) is 102 cm³/mol. The third-order valence-corrected chi connectivity index (χ3v) is 6.10. The first-order chi connectivity index (χ1) is 11.7. The van der Waals surface area contributed by atoms with Crippen molar-refractivity contribution in [3.05, 3.63) is 28.9 Å². The topological polar surface area (TPSA) is 54.9 Å². The summed E-state index contributed by atoms with van der Waals surface area (Å²) in [6, 6.07) is 2.13. The molecule has 0 aromatic carbocycles. The van der Waals surface area contributed by atoms with Crippen molar-refractivity contribution in [3.8, 4) is 0 Å². The van der Waals surface area contributed by atoms with Gasteiger partial charge in [-0.3, -0.25) is 4.79 Å². The van der Waals surface area contributed by atoms with E-state index in [0.29, 0.717) is 6.42 Å². The van der Waals surface area contributed by atoms with Gasteiger partial charge in [0.1, 0.15) is 16.2 Å². The van der Waals surface area contributed by atoms with Crippen LogP contribution in [0.5, 0.6) is 0 Å². The van der Waals surface area contributed by atoms with Crippen molar-refractivity contribution < 1.29 is 4.79 Å². The van der Waals surface area contributed by atoms with Gasteiger partial charge < -0.3 is 5.32 Å². The highest BCUT2D eigenvalue weighted by molar-refractivity contribution is 7.99. The number of aryl methyl sites for hydroxylation is 1. The first kappa shape index (κ1) is 17.4. The van der Waals surface area contributed by atoms with E-state index < -0.39 is 0 Å². The summed E-state index contributed by atoms with van der Waals surface area (Å²) >= 11 is 3.32. The van der Waals surface area contributed by atoms with Gasteiger partial charge in [-0.2, -0.15) is 0 Å². The van der Waals surface area contributed by atoms with Gasteiger partial charge in [0.25, 0.3) is 0 Å². The number of rotatable bonds is 7. The molecule has 0 fully saturated rings. The Hall–Kier alpha value is -1.40. The Morgan fingerprint density at radius 3 is 3.12 bits per heavy atom. The van der Waals surface area contributed by atoms with Crippen LogP contribution in [0.25, 0.3) is 10.2 Å². The van der Waals surface area contributed by atoms with Gasteiger partial charge in [0.05, 0.1) is 0 Å². The van der Waals surface area contributed by atoms with E-state index in [9.17, 15) is 4.79 Å². The molecule has 0 unspecified atom stereocenters. The minimum absolute atomic E-state index is 0.130. The molecule has 0 atom stereocenters. The lowest BCUT2D eigenvalue weighted by atomic mass is 9.97. The van der Waals surface area contributed by atoms with Crippen LogP contribution in [-0.2, 0) is 4.79 Å². The molecule has 1 amide bonds. The summed E-state index contributed by atoms with van der Waals surface area (Å²) in [5.41, 5.74) is 1.51. The molecule has 128 valence electrons. The molecular formula is C18H23N3OS2. The van der Waals surface area contributed by atoms with E-state index in [2.05, 4.69) is 34.4 Å². The smallest absolute Gasteiger partial charge is 0.220 e. The van der Waals surface area contributed by atoms with Crippen molar-refractivity contribution in [2.75, 3.05) is 12.3 Å². The summed E-state index contributed by atoms with van der Waals surface area (Å²) in [5.74, 6) is 0.876. The number of carbonyl (C=O) groups is 1. The number of fused-ring (bicyclic) bond motifs is 1. The number of amides is 1. The quantitative estimate of drug-likeness (QED) is 0.448. The number of carbonyl (C=O) groups excluding carboxylic acids is 1. The number of allylic oxidation sites excluding steroid dienone is 1. The van der Waals surface area contributed by atoms with E-state index in [1.807, 2.05) is 0 Å². The minimum Gasteiger partial charge on any atom is -0.356 e. The van der Waals surface area contributed by atoms with Crippen LogP contribution in [0.4, 0.5) is 0 Å². The van der Waals surface area contributed by atoms with E-state index in [0.717, 1.165) is 34.0 Å². The zero-order chi connectivity index (χ0) is 16.8. The molecule has 2 aromatic heterocycles. The van der Waals surface area contributed by atoms with E-state index in [1.165, 1.54) is 36.1 Å². The van der Waals surface area contributed by atoms with Gasteiger partial charge in [-0.15, -0.1) is 23.1 Å². The van der Waals surface area contributed by atoms with E-state index in [1.54, 1.807) is 29.4 Å². The molecule has 2 heterocycles. The Bertz CT molecular complexity index is 739. The Morgan fingerprint density at radius 1 is 1.38 bits per heavy atom. The van der Waals surface area contributed by atoms with Crippen molar-refractivity contribution in [3.63, 3.8) is 0 Å². The third kappa shape index (κ3) is 4.80. The molecule has 6 heteroatoms. The predicted octanol–water partition coefficient (Wildman–Crippen LogP) is 4.49. The molecule has 0 radical (unpaired) electrons. The number of thiophene rings is 1. The Balaban J connectivity index is 1.40. The van der Waals surface area contributed by atoms with E-state index in [4.69, 9.17) is 0 Å². The number of hydrogen-bond donors (Lipinski definition) is 1. The molecule has 2 aromatic rings. The first-order valence-electron chi connectivity index (χ1n) is 8.51. The van der Waals surface area contributed by atoms with Gasteiger partial charge in [-0.05, 0) is 45.1 Å². The molecule has 0 bridgehead atoms. The first-order valence-corrected chi connectivity index (χ1v) is 10.3. The van der Waals surface area contributed by atoms with Crippen LogP contribution >= 0.6 is 23.1 Å². The Kier molecular flexibility index (Phi) is 6.26. The Morgan fingerprint density at radius 2 is 2.29 bits per heavy atom. The summed E-state index contributed by atoms with van der Waals surface area (Å²) in [5, 5.41) is 5.12. The van der Waals surface area contributed by atoms with Crippen LogP contribution in [0.2, 0.25) is 0 Å². The van der Waals surface area contributed by atoms with Crippen molar-refractivity contribution in [2.45, 2.75) is 50.5 Å². The number of aromatic nitrogens is 2. The molecule has 1 aliphatic carbocycles. The molecule has 4 nitrogen and oxygen atoms in total. The van der Waals surface area contributed by atoms with Crippen molar-refractivity contribution in [2.24, 2.45) is 0 Å². The number of nitrogens with zero attached hydrogens (tertiary/aromatic N) is 2. The van der Waals surface area contributed by atoms with Crippen molar-refractivity contribution in [1.82, 2.24) is 15.3 Å². The second-order valence-electron chi connectivity index (χ2n) is 6.06. The molecule has 0 aliphatic heterocycles. The fraction of sp³-hybridized carbons (Fsp3) is 0.500. The normalized spacial score (nSPS) is 14.6. The number of nitrogens with one attached hydrogen (secondary N) is 1. The van der Waals surface area contributed by atoms with Gasteiger partial charge in [-0.25, -0.2) is 9.97 Å². The molecule has 0 saturated heterocycles. The maximum Gasteiger partial charge on any atom is 0.220 e. The zero-order valence-electron chi connectivity index (χ0n) is 14.0. The highest BCUT2D eigenvalue weighted by atomic mass is 32.2. The van der Waals surface area contributed by atoms with Crippen molar-refractivity contribution >= 4 is 39.2 Å². The molecular weight excluding hydrogens is 338 g/mol. The number of hydrogen-bond acceptors (Lipinski definition) is 5. The second-order valence-corrected chi connectivity index (χ2v) is 8.38. The maximum atomic E-state index is 12.0. The summed E-state index contributed by atoms with van der Waals surface area (Å²) < 4.78 is 0. The van der Waals surface area contributed by atoms with Gasteiger partial charge in [0.15, 0.2) is 0 Å². The summed E-state index contributed by atoms with van der Waals surface area (Å²) in [6.45, 7) is 2.84. The van der Waals surface area contributed by atoms with Crippen LogP contribution in [0.15, 0.2) is 29.1 Å².